The van der Waals surface area contributed by atoms with Gasteiger partial charge in [-0.2, -0.15) is 13.2 Å². The zero-order valence-electron chi connectivity index (χ0n) is 12.5. The first-order valence-corrected chi connectivity index (χ1v) is 7.07. The third-order valence-corrected chi connectivity index (χ3v) is 3.91. The van der Waals surface area contributed by atoms with Crippen LogP contribution < -0.4 is 0 Å². The summed E-state index contributed by atoms with van der Waals surface area (Å²) in [6.45, 7) is 4.93. The lowest BCUT2D eigenvalue weighted by Crippen LogP contribution is -2.40. The molecule has 122 valence electrons. The minimum atomic E-state index is -4.32. The van der Waals surface area contributed by atoms with Gasteiger partial charge in [0.05, 0.1) is 13.2 Å². The van der Waals surface area contributed by atoms with Crippen molar-refractivity contribution >= 4 is 11.9 Å². The van der Waals surface area contributed by atoms with Crippen LogP contribution in [0.5, 0.6) is 0 Å². The van der Waals surface area contributed by atoms with E-state index in [0.29, 0.717) is 0 Å². The standard InChI is InChI=1S/C14H21F3O4/c1-4-20-11(18)13(12(19)21-5-2)6-9(3)10(7-13)8-14(15,16)17/h9-10H,4-8H2,1-3H3/t9-,10?/m0/s1. The van der Waals surface area contributed by atoms with Gasteiger partial charge >= 0.3 is 18.1 Å². The number of carbonyl (C=O) groups is 2. The van der Waals surface area contributed by atoms with Gasteiger partial charge in [-0.05, 0) is 38.5 Å². The Morgan fingerprint density at radius 2 is 1.57 bits per heavy atom. The second-order valence-corrected chi connectivity index (χ2v) is 5.49. The summed E-state index contributed by atoms with van der Waals surface area (Å²) in [7, 11) is 0. The SMILES string of the molecule is CCOC(=O)C1(C(=O)OCC)CC(CC(F)(F)F)[C@@H](C)C1. The Balaban J connectivity index is 3.00. The molecule has 0 aromatic carbocycles. The number of alkyl halides is 3. The third kappa shape index (κ3) is 4.11. The molecule has 1 aliphatic rings. The van der Waals surface area contributed by atoms with Crippen LogP contribution in [-0.2, 0) is 19.1 Å². The Bertz CT molecular complexity index is 374. The van der Waals surface area contributed by atoms with E-state index in [1.54, 1.807) is 20.8 Å². The van der Waals surface area contributed by atoms with Gasteiger partial charge in [0.25, 0.3) is 0 Å². The van der Waals surface area contributed by atoms with Crippen LogP contribution in [-0.4, -0.2) is 31.3 Å². The van der Waals surface area contributed by atoms with E-state index in [-0.39, 0.29) is 26.1 Å². The molecule has 4 nitrogen and oxygen atoms in total. The van der Waals surface area contributed by atoms with Crippen molar-refractivity contribution < 1.29 is 32.2 Å². The van der Waals surface area contributed by atoms with E-state index in [0.717, 1.165) is 0 Å². The van der Waals surface area contributed by atoms with Crippen molar-refractivity contribution in [2.75, 3.05) is 13.2 Å². The first-order chi connectivity index (χ1) is 9.66. The summed E-state index contributed by atoms with van der Waals surface area (Å²) in [6.07, 6.45) is -5.47. The highest BCUT2D eigenvalue weighted by molar-refractivity contribution is 6.00. The van der Waals surface area contributed by atoms with E-state index in [9.17, 15) is 22.8 Å². The Hall–Kier alpha value is -1.27. The average Bonchev–Trinajstić information content (AvgIpc) is 2.66. The Morgan fingerprint density at radius 1 is 1.10 bits per heavy atom. The zero-order chi connectivity index (χ0) is 16.3. The molecule has 0 spiro atoms. The monoisotopic (exact) mass is 310 g/mol. The van der Waals surface area contributed by atoms with Gasteiger partial charge in [-0.1, -0.05) is 6.92 Å². The fourth-order valence-corrected chi connectivity index (χ4v) is 2.97. The molecule has 0 bridgehead atoms. The predicted molar refractivity (Wildman–Crippen MR) is 68.3 cm³/mol. The summed E-state index contributed by atoms with van der Waals surface area (Å²) in [6, 6.07) is 0. The normalized spacial score (nSPS) is 24.7. The molecule has 21 heavy (non-hydrogen) atoms. The molecule has 0 amide bonds. The van der Waals surface area contributed by atoms with Gasteiger partial charge in [0.2, 0.25) is 0 Å². The fraction of sp³-hybridized carbons (Fsp3) is 0.857. The Kier molecular flexibility index (Phi) is 5.64. The van der Waals surface area contributed by atoms with Crippen molar-refractivity contribution in [3.8, 4) is 0 Å². The smallest absolute Gasteiger partial charge is 0.389 e. The number of hydrogen-bond acceptors (Lipinski definition) is 4. The molecule has 1 saturated carbocycles. The van der Waals surface area contributed by atoms with Crippen LogP contribution in [0, 0.1) is 17.3 Å². The largest absolute Gasteiger partial charge is 0.465 e. The minimum absolute atomic E-state index is 0.0331. The van der Waals surface area contributed by atoms with Crippen LogP contribution in [0.15, 0.2) is 0 Å². The maximum Gasteiger partial charge on any atom is 0.389 e. The molecule has 0 aromatic rings. The molecule has 2 atom stereocenters. The van der Waals surface area contributed by atoms with E-state index in [1.165, 1.54) is 0 Å². The highest BCUT2D eigenvalue weighted by atomic mass is 19.4. The molecule has 0 N–H and O–H groups in total. The van der Waals surface area contributed by atoms with Crippen molar-refractivity contribution in [2.24, 2.45) is 17.3 Å². The molecule has 1 fully saturated rings. The van der Waals surface area contributed by atoms with Gasteiger partial charge in [0, 0.05) is 6.42 Å². The summed E-state index contributed by atoms with van der Waals surface area (Å²) in [5, 5.41) is 0. The number of halogens is 3. The maximum absolute atomic E-state index is 12.6. The average molecular weight is 310 g/mol. The predicted octanol–water partition coefficient (Wildman–Crippen LogP) is 3.10. The van der Waals surface area contributed by atoms with E-state index >= 15 is 0 Å². The van der Waals surface area contributed by atoms with Crippen molar-refractivity contribution in [2.45, 2.75) is 46.2 Å². The summed E-state index contributed by atoms with van der Waals surface area (Å²) in [5.74, 6) is -2.74. The van der Waals surface area contributed by atoms with E-state index in [1.807, 2.05) is 0 Å². The summed E-state index contributed by atoms with van der Waals surface area (Å²) >= 11 is 0. The first kappa shape index (κ1) is 17.8. The van der Waals surface area contributed by atoms with Crippen LogP contribution in [0.3, 0.4) is 0 Å². The van der Waals surface area contributed by atoms with Crippen molar-refractivity contribution in [3.05, 3.63) is 0 Å². The van der Waals surface area contributed by atoms with Gasteiger partial charge in [-0.25, -0.2) is 0 Å². The van der Waals surface area contributed by atoms with Crippen molar-refractivity contribution in [1.82, 2.24) is 0 Å². The van der Waals surface area contributed by atoms with Gasteiger partial charge in [-0.15, -0.1) is 0 Å². The minimum Gasteiger partial charge on any atom is -0.465 e. The van der Waals surface area contributed by atoms with Crippen LogP contribution in [0.25, 0.3) is 0 Å². The maximum atomic E-state index is 12.6. The van der Waals surface area contributed by atoms with Crippen LogP contribution in [0.4, 0.5) is 13.2 Å². The first-order valence-electron chi connectivity index (χ1n) is 7.07. The molecule has 0 saturated heterocycles. The lowest BCUT2D eigenvalue weighted by atomic mass is 9.84. The molecular weight excluding hydrogens is 289 g/mol. The number of ether oxygens (including phenoxy) is 2. The molecular formula is C14H21F3O4. The third-order valence-electron chi connectivity index (χ3n) is 3.91. The second-order valence-electron chi connectivity index (χ2n) is 5.49. The topological polar surface area (TPSA) is 52.6 Å². The molecule has 0 heterocycles. The molecule has 1 rings (SSSR count). The van der Waals surface area contributed by atoms with Gasteiger partial charge in [-0.3, -0.25) is 9.59 Å². The highest BCUT2D eigenvalue weighted by Crippen LogP contribution is 2.50. The quantitative estimate of drug-likeness (QED) is 0.578. The summed E-state index contributed by atoms with van der Waals surface area (Å²) in [5.41, 5.74) is -1.60. The van der Waals surface area contributed by atoms with Crippen LogP contribution >= 0.6 is 0 Å². The lowest BCUT2D eigenvalue weighted by molar-refractivity contribution is -0.173. The summed E-state index contributed by atoms with van der Waals surface area (Å²) < 4.78 is 47.6. The van der Waals surface area contributed by atoms with Crippen LogP contribution in [0.1, 0.15) is 40.0 Å². The molecule has 0 aliphatic heterocycles. The number of esters is 2. The Labute approximate surface area is 122 Å². The highest BCUT2D eigenvalue weighted by Gasteiger charge is 2.57. The molecule has 0 radical (unpaired) electrons. The van der Waals surface area contributed by atoms with Gasteiger partial charge in [0.15, 0.2) is 5.41 Å². The van der Waals surface area contributed by atoms with Gasteiger partial charge in [0.1, 0.15) is 0 Å². The molecule has 1 unspecified atom stereocenters. The number of carbonyl (C=O) groups excluding carboxylic acids is 2. The van der Waals surface area contributed by atoms with Crippen molar-refractivity contribution in [1.29, 1.82) is 0 Å². The molecule has 7 heteroatoms. The number of hydrogen-bond donors (Lipinski definition) is 0. The fourth-order valence-electron chi connectivity index (χ4n) is 2.97. The van der Waals surface area contributed by atoms with Gasteiger partial charge < -0.3 is 9.47 Å². The molecule has 1 aliphatic carbocycles. The summed E-state index contributed by atoms with van der Waals surface area (Å²) in [4.78, 5) is 24.3. The zero-order valence-corrected chi connectivity index (χ0v) is 12.5. The Morgan fingerprint density at radius 3 is 1.95 bits per heavy atom. The molecule has 0 aromatic heterocycles. The van der Waals surface area contributed by atoms with E-state index in [2.05, 4.69) is 0 Å². The van der Waals surface area contributed by atoms with Crippen molar-refractivity contribution in [3.63, 3.8) is 0 Å². The van der Waals surface area contributed by atoms with E-state index in [4.69, 9.17) is 9.47 Å². The second kappa shape index (κ2) is 6.66. The number of rotatable bonds is 5. The lowest BCUT2D eigenvalue weighted by Gasteiger charge is -2.24. The van der Waals surface area contributed by atoms with E-state index < -0.39 is 41.8 Å². The van der Waals surface area contributed by atoms with Crippen LogP contribution in [0.2, 0.25) is 0 Å².